The lowest BCUT2D eigenvalue weighted by Gasteiger charge is -2.11. The summed E-state index contributed by atoms with van der Waals surface area (Å²) < 4.78 is 239. The summed E-state index contributed by atoms with van der Waals surface area (Å²) in [4.78, 5) is 133. The van der Waals surface area contributed by atoms with Gasteiger partial charge in [0.1, 0.15) is 34.5 Å². The molecule has 0 spiro atoms. The molecule has 0 fully saturated rings. The van der Waals surface area contributed by atoms with Crippen LogP contribution in [0.15, 0.2) is 146 Å². The van der Waals surface area contributed by atoms with Gasteiger partial charge in [0.25, 0.3) is 0 Å². The fraction of sp³-hybridized carbons (Fsp3) is 0.333. The predicted molar refractivity (Wildman–Crippen MR) is 439 cm³/mol. The van der Waals surface area contributed by atoms with Gasteiger partial charge in [-0.05, 0) is 229 Å². The SMILES string of the molecule is [2H]C(CN(C)C([2H])([2H])[2H])c1c[nH]c2cccc(OP(=O)(O)O)c12.[2H]C(CN(C)C([2H])([2H])[2H])c1c[nH]c2cccc(OP(=O)(O)O)c12.[2H]C(Cc1c[nH]c2cccc(OP(=O)(O)O)c12)N(C)C.[2H]C(Cc1c[nH]c2cccc(OP(=O)(O)O)c12)N(C)C([2H])([2H])[2H].[2H]C(Cc1c[nH]c2cccc(OP(=O)(O)O)c12)N(C)C([2H])([2H])[2H].[2H]C(c1c[nH]c2cccc(OP(=O)(O)O)c12)C([2H])N(C)C. The lowest BCUT2D eigenvalue weighted by Crippen LogP contribution is -2.14. The van der Waals surface area contributed by atoms with E-state index >= 15 is 0 Å². The number of phosphoric acid groups is 6. The summed E-state index contributed by atoms with van der Waals surface area (Å²) >= 11 is 0. The van der Waals surface area contributed by atoms with E-state index < -0.39 is 120 Å². The van der Waals surface area contributed by atoms with Gasteiger partial charge in [-0.25, -0.2) is 27.4 Å². The molecule has 6 heterocycles. The van der Waals surface area contributed by atoms with Crippen LogP contribution in [-0.4, -0.2) is 241 Å². The van der Waals surface area contributed by atoms with Gasteiger partial charge in [-0.3, -0.25) is 58.7 Å². The van der Waals surface area contributed by atoms with E-state index in [0.717, 1.165) is 30.7 Å². The Hall–Kier alpha value is -7.98. The second-order valence-electron chi connectivity index (χ2n) is 25.0. The van der Waals surface area contributed by atoms with E-state index in [0.29, 0.717) is 94.1 Å². The Bertz CT molecular complexity index is 5960. The number of rotatable bonds is 30. The van der Waals surface area contributed by atoms with Crippen molar-refractivity contribution in [3.63, 3.8) is 0 Å². The Balaban J connectivity index is 0.000000218. The monoisotopic (exact) mass is 1720 g/mol. The third-order valence-electron chi connectivity index (χ3n) is 15.2. The Labute approximate surface area is 685 Å². The first-order valence-electron chi connectivity index (χ1n) is 43.2. The predicted octanol–water partition coefficient (Wildman–Crippen LogP) is 10.5. The Morgan fingerprint density at radius 1 is 0.281 bits per heavy atom. The first kappa shape index (κ1) is 68.1. The highest BCUT2D eigenvalue weighted by Crippen LogP contribution is 2.47. The van der Waals surface area contributed by atoms with Gasteiger partial charge in [-0.15, -0.1) is 0 Å². The second-order valence-corrected chi connectivity index (χ2v) is 32.0. The van der Waals surface area contributed by atoms with Crippen LogP contribution < -0.4 is 27.1 Å². The van der Waals surface area contributed by atoms with Crippen LogP contribution in [-0.2, 0) is 65.8 Å². The molecule has 12 aromatic rings. The molecule has 624 valence electrons. The summed E-state index contributed by atoms with van der Waals surface area (Å²) in [5.74, 6) is -0.0216. The maximum absolute atomic E-state index is 11.1. The molecule has 0 amide bonds. The number of likely N-dealkylation sites (N-methyl/N-ethyl adjacent to an activating group) is 6. The molecule has 6 aromatic heterocycles. The summed E-state index contributed by atoms with van der Waals surface area (Å²) in [6, 6.07) is 28.3. The van der Waals surface area contributed by atoms with Crippen LogP contribution in [0.1, 0.15) is 59.4 Å². The number of aryl methyl sites for hydroxylation is 4. The molecule has 0 saturated heterocycles. The number of nitrogens with zero attached hydrogens (tertiary/aromatic N) is 6. The van der Waals surface area contributed by atoms with Gasteiger partial charge >= 0.3 is 46.9 Å². The van der Waals surface area contributed by atoms with E-state index in [1.54, 1.807) is 136 Å². The summed E-state index contributed by atoms with van der Waals surface area (Å²) in [5.41, 5.74) is 6.70. The van der Waals surface area contributed by atoms with Gasteiger partial charge < -0.3 is 86.4 Å². The van der Waals surface area contributed by atoms with Crippen LogP contribution in [0, 0.1) is 0 Å². The van der Waals surface area contributed by atoms with Crippen LogP contribution in [0.3, 0.4) is 0 Å². The molecule has 7 atom stereocenters. The van der Waals surface area contributed by atoms with Crippen molar-refractivity contribution in [2.75, 3.05) is 123 Å². The molecular weight excluding hydrogens is 1600 g/mol. The average molecular weight is 1720 g/mol. The summed E-state index contributed by atoms with van der Waals surface area (Å²) in [5, 5.41) is 2.58. The smallest absolute Gasteiger partial charge is 0.404 e. The van der Waals surface area contributed by atoms with Crippen molar-refractivity contribution in [3.05, 3.63) is 180 Å². The molecule has 0 radical (unpaired) electrons. The van der Waals surface area contributed by atoms with E-state index in [-0.39, 0.29) is 60.4 Å². The number of phosphoric ester groups is 6. The van der Waals surface area contributed by atoms with Gasteiger partial charge in [0.05, 0.1) is 0 Å². The van der Waals surface area contributed by atoms with Crippen molar-refractivity contribution in [1.82, 2.24) is 59.3 Å². The van der Waals surface area contributed by atoms with Crippen molar-refractivity contribution >= 4 is 112 Å². The summed E-state index contributed by atoms with van der Waals surface area (Å²) in [6.45, 7) is -13.0. The van der Waals surface area contributed by atoms with Crippen LogP contribution >= 0.6 is 46.9 Å². The maximum atomic E-state index is 11.1. The minimum atomic E-state index is -4.75. The topological polar surface area (TPSA) is 515 Å². The van der Waals surface area contributed by atoms with Crippen molar-refractivity contribution in [2.45, 2.75) is 38.5 Å². The highest BCUT2D eigenvalue weighted by atomic mass is 31.2. The number of nitrogens with one attached hydrogen (secondary N) is 6. The van der Waals surface area contributed by atoms with Crippen LogP contribution in [0.25, 0.3) is 65.4 Å². The molecule has 12 rings (SSSR count). The Kier molecular flexibility index (Phi) is 24.6. The van der Waals surface area contributed by atoms with Crippen molar-refractivity contribution in [2.24, 2.45) is 0 Å². The highest BCUT2D eigenvalue weighted by molar-refractivity contribution is 7.48. The molecule has 0 aliphatic rings. The normalized spacial score (nSPS) is 17.1. The molecule has 42 heteroatoms. The number of aromatic nitrogens is 6. The minimum Gasteiger partial charge on any atom is -0.404 e. The zero-order chi connectivity index (χ0) is 100. The Morgan fingerprint density at radius 3 is 0.675 bits per heavy atom. The molecule has 6 aromatic carbocycles. The number of hydrogen-bond donors (Lipinski definition) is 18. The van der Waals surface area contributed by atoms with E-state index in [4.69, 9.17) is 93.8 Å². The number of hydrogen-bond acceptors (Lipinski definition) is 18. The molecular formula is C72H102N12O24P6. The van der Waals surface area contributed by atoms with Gasteiger partial charge in [-0.2, -0.15) is 0 Å². The highest BCUT2D eigenvalue weighted by Gasteiger charge is 2.26. The third kappa shape index (κ3) is 30.6. The zero-order valence-corrected chi connectivity index (χ0v) is 67.4. The molecule has 0 saturated carbocycles. The van der Waals surface area contributed by atoms with Crippen molar-refractivity contribution < 1.29 is 139 Å². The molecule has 36 nitrogen and oxygen atoms in total. The van der Waals surface area contributed by atoms with E-state index in [1.807, 2.05) is 0 Å². The van der Waals surface area contributed by atoms with Gasteiger partial charge in [0.15, 0.2) is 0 Å². The van der Waals surface area contributed by atoms with Crippen LogP contribution in [0.4, 0.5) is 0 Å². The largest absolute Gasteiger partial charge is 0.524 e. The quantitative estimate of drug-likeness (QED) is 0.0186. The third-order valence-corrected chi connectivity index (χ3v) is 17.8. The van der Waals surface area contributed by atoms with E-state index in [2.05, 4.69) is 48.0 Å². The number of fused-ring (bicyclic) bond motifs is 6. The Morgan fingerprint density at radius 2 is 0.474 bits per heavy atom. The first-order chi connectivity index (χ1) is 60.9. The van der Waals surface area contributed by atoms with Gasteiger partial charge in [0, 0.05) is 168 Å². The number of H-pyrrole nitrogens is 6. The second kappa shape index (κ2) is 41.2. The van der Waals surface area contributed by atoms with Gasteiger partial charge in [0.2, 0.25) is 0 Å². The molecule has 18 N–H and O–H groups in total. The lowest BCUT2D eigenvalue weighted by molar-refractivity contribution is 0.282. The van der Waals surface area contributed by atoms with Gasteiger partial charge in [-0.1, -0.05) is 36.4 Å². The van der Waals surface area contributed by atoms with Crippen LogP contribution in [0.5, 0.6) is 34.5 Å². The average Bonchev–Trinajstić information content (AvgIpc) is 1.68. The molecule has 0 aliphatic carbocycles. The molecule has 0 bridgehead atoms. The summed E-state index contributed by atoms with van der Waals surface area (Å²) in [7, 11) is -15.8. The van der Waals surface area contributed by atoms with Crippen molar-refractivity contribution in [3.8, 4) is 34.5 Å². The van der Waals surface area contributed by atoms with Crippen LogP contribution in [0.2, 0.25) is 0 Å². The van der Waals surface area contributed by atoms with E-state index in [9.17, 15) is 27.4 Å². The number of benzene rings is 6. The summed E-state index contributed by atoms with van der Waals surface area (Å²) in [6.07, 6.45) is 7.24. The fourth-order valence-electron chi connectivity index (χ4n) is 10.8. The number of aromatic amines is 6. The fourth-order valence-corrected chi connectivity index (χ4v) is 13.3. The van der Waals surface area contributed by atoms with Crippen molar-refractivity contribution in [1.29, 1.82) is 0 Å². The first-order valence-corrected chi connectivity index (χ1v) is 42.4. The minimum absolute atomic E-state index is 0.000268. The van der Waals surface area contributed by atoms with E-state index in [1.165, 1.54) is 77.0 Å². The standard InChI is InChI=1S/6C12H17N2O4P/c6*1-14(2)7-6-9-8-13-10-4-3-5-11(12(9)10)18-19(15,16)17/h6*3-5,8,13H,6-7H2,1-2H3,(H2,15,16,17)/i6D,7D;2*1D3,7D;2*1D3,6D;7D. The maximum Gasteiger partial charge on any atom is 0.524 e. The molecule has 114 heavy (non-hydrogen) atoms. The molecule has 7 unspecified atom stereocenters. The lowest BCUT2D eigenvalue weighted by atomic mass is 10.1. The molecule has 0 aliphatic heterocycles. The zero-order valence-electron chi connectivity index (χ0n) is 81.1.